The number of hydrogen-bond donors (Lipinski definition) is 0. The highest BCUT2D eigenvalue weighted by atomic mass is 16.5. The summed E-state index contributed by atoms with van der Waals surface area (Å²) in [5.41, 5.74) is 7.22. The molecule has 0 N–H and O–H groups in total. The van der Waals surface area contributed by atoms with Crippen molar-refractivity contribution in [1.29, 1.82) is 0 Å². The Morgan fingerprint density at radius 1 is 0.852 bits per heavy atom. The van der Waals surface area contributed by atoms with E-state index in [1.165, 1.54) is 27.9 Å². The smallest absolute Gasteiger partial charge is 0.124 e. The number of benzene rings is 3. The minimum absolute atomic E-state index is 0.376. The predicted octanol–water partition coefficient (Wildman–Crippen LogP) is 5.33. The van der Waals surface area contributed by atoms with E-state index in [1.807, 2.05) is 0 Å². The van der Waals surface area contributed by atoms with Crippen LogP contribution in [0, 0.1) is 5.92 Å². The predicted molar refractivity (Wildman–Crippen MR) is 109 cm³/mol. The van der Waals surface area contributed by atoms with E-state index in [-0.39, 0.29) is 0 Å². The van der Waals surface area contributed by atoms with Crippen LogP contribution in [0.1, 0.15) is 41.1 Å². The van der Waals surface area contributed by atoms with Crippen molar-refractivity contribution in [3.8, 4) is 5.75 Å². The monoisotopic (exact) mass is 353 g/mol. The molecule has 134 valence electrons. The molecular formula is C25H23NO. The topological polar surface area (TPSA) is 12.5 Å². The van der Waals surface area contributed by atoms with Gasteiger partial charge in [-0.15, -0.1) is 0 Å². The van der Waals surface area contributed by atoms with Gasteiger partial charge in [0.05, 0.1) is 12.6 Å². The Kier molecular flexibility index (Phi) is 3.19. The van der Waals surface area contributed by atoms with E-state index in [2.05, 4.69) is 84.6 Å². The number of anilines is 1. The normalized spacial score (nSPS) is 27.4. The number of fused-ring (bicyclic) bond motifs is 4. The fraction of sp³-hybridized carbons (Fsp3) is 0.280. The van der Waals surface area contributed by atoms with Crippen molar-refractivity contribution in [3.05, 3.63) is 95.1 Å². The van der Waals surface area contributed by atoms with Gasteiger partial charge in [-0.1, -0.05) is 66.7 Å². The zero-order valence-corrected chi connectivity index (χ0v) is 15.5. The Morgan fingerprint density at radius 2 is 1.63 bits per heavy atom. The second kappa shape index (κ2) is 5.63. The Labute approximate surface area is 160 Å². The molecule has 0 aromatic heterocycles. The Bertz CT molecular complexity index is 1010. The summed E-state index contributed by atoms with van der Waals surface area (Å²) >= 11 is 0. The molecule has 3 aromatic rings. The van der Waals surface area contributed by atoms with Gasteiger partial charge in [0.2, 0.25) is 0 Å². The average Bonchev–Trinajstić information content (AvgIpc) is 3.06. The van der Waals surface area contributed by atoms with Crippen LogP contribution in [-0.2, 0) is 6.42 Å². The Balaban J connectivity index is 1.63. The molecule has 2 heteroatoms. The van der Waals surface area contributed by atoms with Gasteiger partial charge in [-0.25, -0.2) is 0 Å². The Hall–Kier alpha value is -2.74. The van der Waals surface area contributed by atoms with Gasteiger partial charge in [0, 0.05) is 29.1 Å². The van der Waals surface area contributed by atoms with Gasteiger partial charge in [-0.3, -0.25) is 0 Å². The molecule has 0 amide bonds. The third-order valence-electron chi connectivity index (χ3n) is 6.70. The zero-order chi connectivity index (χ0) is 18.0. The molecule has 0 spiro atoms. The van der Waals surface area contributed by atoms with Gasteiger partial charge in [0.15, 0.2) is 0 Å². The molecule has 2 nitrogen and oxygen atoms in total. The summed E-state index contributed by atoms with van der Waals surface area (Å²) in [6.45, 7) is 3.15. The van der Waals surface area contributed by atoms with E-state index >= 15 is 0 Å². The summed E-state index contributed by atoms with van der Waals surface area (Å²) in [4.78, 5) is 2.70. The molecule has 0 bridgehead atoms. The van der Waals surface area contributed by atoms with Crippen LogP contribution in [0.15, 0.2) is 72.8 Å². The molecular weight excluding hydrogens is 330 g/mol. The van der Waals surface area contributed by atoms with E-state index in [0.29, 0.717) is 23.9 Å². The molecule has 3 aliphatic heterocycles. The largest absolute Gasteiger partial charge is 0.493 e. The maximum Gasteiger partial charge on any atom is 0.124 e. The van der Waals surface area contributed by atoms with Crippen LogP contribution < -0.4 is 9.64 Å². The lowest BCUT2D eigenvalue weighted by atomic mass is 9.70. The van der Waals surface area contributed by atoms with Crippen LogP contribution in [0.4, 0.5) is 5.69 Å². The molecule has 3 aromatic carbocycles. The van der Waals surface area contributed by atoms with Crippen LogP contribution in [0.3, 0.4) is 0 Å². The van der Waals surface area contributed by atoms with Gasteiger partial charge in [0.1, 0.15) is 5.75 Å². The quantitative estimate of drug-likeness (QED) is 0.586. The number of para-hydroxylation sites is 2. The van der Waals surface area contributed by atoms with Crippen molar-refractivity contribution in [3.63, 3.8) is 0 Å². The van der Waals surface area contributed by atoms with Crippen LogP contribution in [0.5, 0.6) is 5.75 Å². The second-order valence-corrected chi connectivity index (χ2v) is 8.16. The third kappa shape index (κ3) is 2.07. The van der Waals surface area contributed by atoms with E-state index in [9.17, 15) is 0 Å². The molecule has 27 heavy (non-hydrogen) atoms. The highest BCUT2D eigenvalue weighted by Crippen LogP contribution is 2.58. The SMILES string of the molecule is C[C@@H]1Cc2cccc3c2N1[C@H]1c2ccccc2OC[C@H]1[C@@H]3c1ccccc1. The van der Waals surface area contributed by atoms with Crippen LogP contribution in [0.2, 0.25) is 0 Å². The lowest BCUT2D eigenvalue weighted by molar-refractivity contribution is 0.167. The number of nitrogens with zero attached hydrogens (tertiary/aromatic N) is 1. The standard InChI is InChI=1S/C25H23NO/c1-16-14-18-10-7-12-20-23(17-8-3-2-4-9-17)21-15-27-22-13-6-5-11-19(22)25(21)26(16)24(18)20/h2-13,16,21,23,25H,14-15H2,1H3/t16-,21+,23-,25+/m1/s1. The first-order valence-electron chi connectivity index (χ1n) is 9.99. The molecule has 0 saturated heterocycles. The summed E-state index contributed by atoms with van der Waals surface area (Å²) in [5, 5.41) is 0. The van der Waals surface area contributed by atoms with Gasteiger partial charge in [-0.05, 0) is 36.1 Å². The first-order chi connectivity index (χ1) is 13.3. The summed E-state index contributed by atoms with van der Waals surface area (Å²) in [7, 11) is 0. The van der Waals surface area contributed by atoms with Crippen LogP contribution >= 0.6 is 0 Å². The lowest BCUT2D eigenvalue weighted by Gasteiger charge is -2.50. The fourth-order valence-electron chi connectivity index (χ4n) is 5.71. The molecule has 6 rings (SSSR count). The van der Waals surface area contributed by atoms with Crippen molar-refractivity contribution >= 4 is 5.69 Å². The molecule has 0 aliphatic carbocycles. The van der Waals surface area contributed by atoms with E-state index in [4.69, 9.17) is 4.74 Å². The summed E-state index contributed by atoms with van der Waals surface area (Å²) in [6.07, 6.45) is 1.14. The highest BCUT2D eigenvalue weighted by Gasteiger charge is 2.49. The van der Waals surface area contributed by atoms with E-state index < -0.39 is 0 Å². The number of ether oxygens (including phenoxy) is 1. The van der Waals surface area contributed by atoms with Crippen molar-refractivity contribution in [2.45, 2.75) is 31.3 Å². The summed E-state index contributed by atoms with van der Waals surface area (Å²) in [6, 6.07) is 27.5. The van der Waals surface area contributed by atoms with Crippen molar-refractivity contribution in [2.75, 3.05) is 11.5 Å². The fourth-order valence-corrected chi connectivity index (χ4v) is 5.71. The second-order valence-electron chi connectivity index (χ2n) is 8.16. The molecule has 0 unspecified atom stereocenters. The highest BCUT2D eigenvalue weighted by molar-refractivity contribution is 5.71. The molecule has 0 saturated carbocycles. The minimum Gasteiger partial charge on any atom is -0.493 e. The van der Waals surface area contributed by atoms with Crippen LogP contribution in [0.25, 0.3) is 0 Å². The van der Waals surface area contributed by atoms with Gasteiger partial charge in [0.25, 0.3) is 0 Å². The maximum atomic E-state index is 6.28. The van der Waals surface area contributed by atoms with Crippen LogP contribution in [-0.4, -0.2) is 12.6 Å². The number of rotatable bonds is 1. The molecule has 0 radical (unpaired) electrons. The molecule has 4 atom stereocenters. The molecule has 3 aliphatic rings. The Morgan fingerprint density at radius 3 is 2.52 bits per heavy atom. The lowest BCUT2D eigenvalue weighted by Crippen LogP contribution is -2.47. The van der Waals surface area contributed by atoms with E-state index in [0.717, 1.165) is 18.8 Å². The number of hydrogen-bond acceptors (Lipinski definition) is 2. The van der Waals surface area contributed by atoms with Crippen molar-refractivity contribution in [1.82, 2.24) is 0 Å². The summed E-state index contributed by atoms with van der Waals surface area (Å²) in [5.74, 6) is 1.86. The van der Waals surface area contributed by atoms with E-state index in [1.54, 1.807) is 0 Å². The average molecular weight is 353 g/mol. The maximum absolute atomic E-state index is 6.28. The third-order valence-corrected chi connectivity index (χ3v) is 6.70. The molecule has 0 fully saturated rings. The molecule has 3 heterocycles. The summed E-state index contributed by atoms with van der Waals surface area (Å²) < 4.78 is 6.28. The first kappa shape index (κ1) is 15.3. The minimum atomic E-state index is 0.376. The van der Waals surface area contributed by atoms with Gasteiger partial charge in [-0.2, -0.15) is 0 Å². The first-order valence-corrected chi connectivity index (χ1v) is 9.99. The van der Waals surface area contributed by atoms with Gasteiger partial charge >= 0.3 is 0 Å². The van der Waals surface area contributed by atoms with Crippen molar-refractivity contribution < 1.29 is 4.74 Å². The zero-order valence-electron chi connectivity index (χ0n) is 15.5. The van der Waals surface area contributed by atoms with Gasteiger partial charge < -0.3 is 9.64 Å². The van der Waals surface area contributed by atoms with Crippen molar-refractivity contribution in [2.24, 2.45) is 5.92 Å².